The summed E-state index contributed by atoms with van der Waals surface area (Å²) in [5.74, 6) is 1.20. The van der Waals surface area contributed by atoms with Crippen LogP contribution in [0.3, 0.4) is 0 Å². The molecule has 0 aliphatic heterocycles. The Bertz CT molecular complexity index is 1070. The van der Waals surface area contributed by atoms with Gasteiger partial charge in [-0.2, -0.15) is 0 Å². The molecule has 1 amide bonds. The lowest BCUT2D eigenvalue weighted by molar-refractivity contribution is 0.0922. The monoisotopic (exact) mass is 496 g/mol. The van der Waals surface area contributed by atoms with Gasteiger partial charge in [0.05, 0.1) is 16.6 Å². The summed E-state index contributed by atoms with van der Waals surface area (Å²) >= 11 is 20.0. The predicted octanol–water partition coefficient (Wildman–Crippen LogP) is 6.68. The molecular formula is C22H23Cl3N4OS. The van der Waals surface area contributed by atoms with E-state index in [0.29, 0.717) is 38.8 Å². The molecule has 9 heteroatoms. The molecule has 0 fully saturated rings. The summed E-state index contributed by atoms with van der Waals surface area (Å²) < 4.78 is 2.02. The van der Waals surface area contributed by atoms with Crippen molar-refractivity contribution in [2.75, 3.05) is 0 Å². The van der Waals surface area contributed by atoms with Crippen LogP contribution in [-0.4, -0.2) is 20.7 Å². The number of aromatic nitrogens is 3. The van der Waals surface area contributed by atoms with E-state index in [1.54, 1.807) is 42.1 Å². The molecule has 0 spiro atoms. The Hall–Kier alpha value is -1.73. The van der Waals surface area contributed by atoms with Crippen molar-refractivity contribution in [3.05, 3.63) is 74.5 Å². The Labute approximate surface area is 201 Å². The zero-order valence-electron chi connectivity index (χ0n) is 17.4. The number of thioether (sulfide) groups is 1. The molecular weight excluding hydrogens is 475 g/mol. The van der Waals surface area contributed by atoms with Crippen LogP contribution in [0.4, 0.5) is 0 Å². The van der Waals surface area contributed by atoms with Gasteiger partial charge in [0.2, 0.25) is 0 Å². The highest BCUT2D eigenvalue weighted by atomic mass is 35.5. The Morgan fingerprint density at radius 1 is 1.10 bits per heavy atom. The van der Waals surface area contributed by atoms with Gasteiger partial charge in [-0.25, -0.2) is 0 Å². The van der Waals surface area contributed by atoms with Gasteiger partial charge in [0.15, 0.2) is 11.0 Å². The van der Waals surface area contributed by atoms with Crippen LogP contribution < -0.4 is 5.32 Å². The van der Waals surface area contributed by atoms with E-state index in [4.69, 9.17) is 34.8 Å². The number of benzene rings is 2. The first-order chi connectivity index (χ1) is 14.8. The van der Waals surface area contributed by atoms with Gasteiger partial charge in [-0.1, -0.05) is 78.6 Å². The molecule has 0 saturated carbocycles. The molecule has 1 heterocycles. The van der Waals surface area contributed by atoms with Crippen molar-refractivity contribution in [3.63, 3.8) is 0 Å². The van der Waals surface area contributed by atoms with Gasteiger partial charge in [-0.05, 0) is 42.7 Å². The average molecular weight is 498 g/mol. The van der Waals surface area contributed by atoms with Gasteiger partial charge in [0, 0.05) is 22.3 Å². The molecule has 3 aromatic rings. The second kappa shape index (κ2) is 10.7. The van der Waals surface area contributed by atoms with E-state index in [1.165, 1.54) is 0 Å². The highest BCUT2D eigenvalue weighted by molar-refractivity contribution is 7.98. The van der Waals surface area contributed by atoms with E-state index >= 15 is 0 Å². The Kier molecular flexibility index (Phi) is 8.28. The Morgan fingerprint density at radius 2 is 1.84 bits per heavy atom. The Morgan fingerprint density at radius 3 is 2.48 bits per heavy atom. The minimum Gasteiger partial charge on any atom is -0.342 e. The summed E-state index contributed by atoms with van der Waals surface area (Å²) in [7, 11) is 0. The fourth-order valence-electron chi connectivity index (χ4n) is 3.11. The van der Waals surface area contributed by atoms with Gasteiger partial charge in [0.1, 0.15) is 0 Å². The van der Waals surface area contributed by atoms with Gasteiger partial charge < -0.3 is 9.88 Å². The minimum absolute atomic E-state index is 0.101. The van der Waals surface area contributed by atoms with Gasteiger partial charge in [-0.3, -0.25) is 4.79 Å². The van der Waals surface area contributed by atoms with Gasteiger partial charge in [-0.15, -0.1) is 10.2 Å². The van der Waals surface area contributed by atoms with Crippen LogP contribution in [-0.2, 0) is 12.3 Å². The zero-order valence-corrected chi connectivity index (χ0v) is 20.5. The molecule has 1 atom stereocenters. The van der Waals surface area contributed by atoms with Gasteiger partial charge >= 0.3 is 0 Å². The first-order valence-electron chi connectivity index (χ1n) is 9.87. The number of nitrogens with zero attached hydrogens (tertiary/aromatic N) is 3. The van der Waals surface area contributed by atoms with Crippen molar-refractivity contribution in [1.82, 2.24) is 20.1 Å². The number of carbonyl (C=O) groups excluding carboxylic acids is 1. The molecule has 1 unspecified atom stereocenters. The lowest BCUT2D eigenvalue weighted by Gasteiger charge is -2.22. The lowest BCUT2D eigenvalue weighted by atomic mass is 10.0. The molecule has 0 saturated heterocycles. The van der Waals surface area contributed by atoms with E-state index < -0.39 is 0 Å². The van der Waals surface area contributed by atoms with E-state index in [1.807, 2.05) is 37.5 Å². The molecule has 164 valence electrons. The maximum absolute atomic E-state index is 12.9. The number of amides is 1. The topological polar surface area (TPSA) is 59.8 Å². The van der Waals surface area contributed by atoms with E-state index in [9.17, 15) is 4.79 Å². The number of nitrogens with one attached hydrogen (secondary N) is 1. The van der Waals surface area contributed by atoms with Crippen LogP contribution in [0.15, 0.2) is 47.6 Å². The first kappa shape index (κ1) is 23.9. The quantitative estimate of drug-likeness (QED) is 0.353. The number of hydrogen-bond donors (Lipinski definition) is 1. The predicted molar refractivity (Wildman–Crippen MR) is 128 cm³/mol. The second-order valence-electron chi connectivity index (χ2n) is 7.28. The summed E-state index contributed by atoms with van der Waals surface area (Å²) in [6.07, 6.45) is 0. The molecule has 0 aliphatic carbocycles. The number of carbonyl (C=O) groups is 1. The van der Waals surface area contributed by atoms with Crippen LogP contribution in [0.1, 0.15) is 48.6 Å². The number of hydrogen-bond acceptors (Lipinski definition) is 4. The van der Waals surface area contributed by atoms with Crippen LogP contribution in [0, 0.1) is 5.92 Å². The van der Waals surface area contributed by atoms with Crippen LogP contribution in [0.25, 0.3) is 0 Å². The van der Waals surface area contributed by atoms with E-state index in [-0.39, 0.29) is 17.9 Å². The van der Waals surface area contributed by atoms with E-state index in [2.05, 4.69) is 15.5 Å². The molecule has 5 nitrogen and oxygen atoms in total. The summed E-state index contributed by atoms with van der Waals surface area (Å²) in [6, 6.07) is 12.1. The summed E-state index contributed by atoms with van der Waals surface area (Å²) in [5, 5.41) is 14.3. The molecule has 0 radical (unpaired) electrons. The third kappa shape index (κ3) is 5.75. The maximum atomic E-state index is 12.9. The molecule has 3 rings (SSSR count). The third-order valence-electron chi connectivity index (χ3n) is 4.78. The third-order valence-corrected chi connectivity index (χ3v) is 6.72. The van der Waals surface area contributed by atoms with Crippen molar-refractivity contribution in [2.45, 2.75) is 44.3 Å². The fourth-order valence-corrected chi connectivity index (χ4v) is 4.90. The van der Waals surface area contributed by atoms with Crippen molar-refractivity contribution in [2.24, 2.45) is 5.92 Å². The van der Waals surface area contributed by atoms with Crippen LogP contribution >= 0.6 is 46.6 Å². The van der Waals surface area contributed by atoms with Gasteiger partial charge in [0.25, 0.3) is 5.91 Å². The summed E-state index contributed by atoms with van der Waals surface area (Å²) in [6.45, 7) is 6.77. The molecule has 0 aliphatic rings. The zero-order chi connectivity index (χ0) is 22.5. The first-order valence-corrected chi connectivity index (χ1v) is 12.0. The average Bonchev–Trinajstić information content (AvgIpc) is 3.13. The lowest BCUT2D eigenvalue weighted by Crippen LogP contribution is -2.34. The normalized spacial score (nSPS) is 12.2. The standard InChI is InChI=1S/C22H23Cl3N4OS/c1-4-29-20(19(13(2)3)26-21(30)16-7-5-6-8-17(16)24)27-28-22(29)31-12-14-9-10-15(23)11-18(14)25/h5-11,13,19H,4,12H2,1-3H3,(H,26,30). The molecule has 1 aromatic heterocycles. The van der Waals surface area contributed by atoms with Crippen LogP contribution in [0.2, 0.25) is 15.1 Å². The van der Waals surface area contributed by atoms with E-state index in [0.717, 1.165) is 10.7 Å². The molecule has 0 bridgehead atoms. The SMILES string of the molecule is CCn1c(SCc2ccc(Cl)cc2Cl)nnc1C(NC(=O)c1ccccc1Cl)C(C)C. The highest BCUT2D eigenvalue weighted by Gasteiger charge is 2.26. The van der Waals surface area contributed by atoms with Crippen molar-refractivity contribution in [3.8, 4) is 0 Å². The summed E-state index contributed by atoms with van der Waals surface area (Å²) in [5.41, 5.74) is 1.40. The maximum Gasteiger partial charge on any atom is 0.253 e. The highest BCUT2D eigenvalue weighted by Crippen LogP contribution is 2.30. The van der Waals surface area contributed by atoms with Crippen molar-refractivity contribution in [1.29, 1.82) is 0 Å². The molecule has 31 heavy (non-hydrogen) atoms. The van der Waals surface area contributed by atoms with Crippen molar-refractivity contribution >= 4 is 52.5 Å². The molecule has 1 N–H and O–H groups in total. The Balaban J connectivity index is 1.82. The minimum atomic E-state index is -0.315. The van der Waals surface area contributed by atoms with Crippen molar-refractivity contribution < 1.29 is 4.79 Å². The molecule has 2 aromatic carbocycles. The fraction of sp³-hybridized carbons (Fsp3) is 0.318. The summed E-state index contributed by atoms with van der Waals surface area (Å²) in [4.78, 5) is 12.9. The largest absolute Gasteiger partial charge is 0.342 e. The van der Waals surface area contributed by atoms with Crippen LogP contribution in [0.5, 0.6) is 0 Å². The second-order valence-corrected chi connectivity index (χ2v) is 9.48. The number of halogens is 3. The number of rotatable bonds is 8. The smallest absolute Gasteiger partial charge is 0.253 e.